The molecule has 1 aromatic heterocycles. The number of nitrogens with two attached hydrogens (primary N) is 1. The Morgan fingerprint density at radius 1 is 1.29 bits per heavy atom. The van der Waals surface area contributed by atoms with Crippen LogP contribution in [0.5, 0.6) is 11.6 Å². The van der Waals surface area contributed by atoms with Crippen LogP contribution in [0.4, 0.5) is 13.2 Å². The molecule has 0 saturated heterocycles. The van der Waals surface area contributed by atoms with Crippen LogP contribution in [-0.4, -0.2) is 24.7 Å². The standard InChI is InChI=1S/C14H13F3N2O2/c15-6-9(7-18)8-20-11-2-3-12-10(5-11)1-4-13(19-12)21-14(16)17/h1-6,14H,7-8,18H2/b9-6+. The molecule has 0 spiro atoms. The highest BCUT2D eigenvalue weighted by Crippen LogP contribution is 2.23. The van der Waals surface area contributed by atoms with Crippen molar-refractivity contribution in [2.24, 2.45) is 5.73 Å². The van der Waals surface area contributed by atoms with Gasteiger partial charge in [-0.3, -0.25) is 0 Å². The molecule has 2 N–H and O–H groups in total. The summed E-state index contributed by atoms with van der Waals surface area (Å²) >= 11 is 0. The molecular formula is C14H13F3N2O2. The van der Waals surface area contributed by atoms with Gasteiger partial charge in [0.15, 0.2) is 0 Å². The molecule has 0 radical (unpaired) electrons. The van der Waals surface area contributed by atoms with E-state index in [0.29, 0.717) is 28.6 Å². The van der Waals surface area contributed by atoms with Gasteiger partial charge in [0.1, 0.15) is 12.4 Å². The van der Waals surface area contributed by atoms with Gasteiger partial charge in [0.25, 0.3) is 0 Å². The first-order chi connectivity index (χ1) is 10.1. The van der Waals surface area contributed by atoms with Crippen molar-refractivity contribution < 1.29 is 22.6 Å². The van der Waals surface area contributed by atoms with Crippen LogP contribution in [0.1, 0.15) is 0 Å². The van der Waals surface area contributed by atoms with Gasteiger partial charge < -0.3 is 15.2 Å². The summed E-state index contributed by atoms with van der Waals surface area (Å²) in [6.07, 6.45) is 0.413. The van der Waals surface area contributed by atoms with Crippen LogP contribution >= 0.6 is 0 Å². The molecule has 0 fully saturated rings. The van der Waals surface area contributed by atoms with Gasteiger partial charge in [0.05, 0.1) is 11.8 Å². The average molecular weight is 298 g/mol. The van der Waals surface area contributed by atoms with Crippen molar-refractivity contribution in [2.45, 2.75) is 6.61 Å². The molecule has 0 saturated carbocycles. The molecule has 0 aliphatic rings. The zero-order valence-corrected chi connectivity index (χ0v) is 10.9. The minimum atomic E-state index is -2.92. The highest BCUT2D eigenvalue weighted by molar-refractivity contribution is 5.80. The molecule has 2 aromatic rings. The number of ether oxygens (including phenoxy) is 2. The lowest BCUT2D eigenvalue weighted by atomic mass is 10.2. The zero-order valence-electron chi connectivity index (χ0n) is 10.9. The number of fused-ring (bicyclic) bond motifs is 1. The molecule has 0 bridgehead atoms. The van der Waals surface area contributed by atoms with E-state index in [9.17, 15) is 13.2 Å². The number of pyridine rings is 1. The van der Waals surface area contributed by atoms with Crippen molar-refractivity contribution in [3.8, 4) is 11.6 Å². The highest BCUT2D eigenvalue weighted by atomic mass is 19.3. The lowest BCUT2D eigenvalue weighted by molar-refractivity contribution is -0.0526. The van der Waals surface area contributed by atoms with Crippen LogP contribution in [0, 0.1) is 0 Å². The van der Waals surface area contributed by atoms with Gasteiger partial charge in [-0.15, -0.1) is 0 Å². The van der Waals surface area contributed by atoms with Crippen molar-refractivity contribution >= 4 is 10.9 Å². The lowest BCUT2D eigenvalue weighted by Gasteiger charge is -2.09. The van der Waals surface area contributed by atoms with E-state index in [-0.39, 0.29) is 19.0 Å². The largest absolute Gasteiger partial charge is 0.489 e. The fourth-order valence-corrected chi connectivity index (χ4v) is 1.64. The van der Waals surface area contributed by atoms with E-state index in [1.54, 1.807) is 24.3 Å². The maximum atomic E-state index is 12.4. The Balaban J connectivity index is 2.15. The van der Waals surface area contributed by atoms with Crippen molar-refractivity contribution in [1.82, 2.24) is 4.98 Å². The summed E-state index contributed by atoms with van der Waals surface area (Å²) in [5.74, 6) is 0.344. The molecule has 0 aliphatic carbocycles. The van der Waals surface area contributed by atoms with E-state index in [2.05, 4.69) is 9.72 Å². The van der Waals surface area contributed by atoms with Crippen LogP contribution in [0.25, 0.3) is 10.9 Å². The Labute approximate surface area is 119 Å². The van der Waals surface area contributed by atoms with E-state index < -0.39 is 6.61 Å². The number of rotatable bonds is 6. The number of hydrogen-bond acceptors (Lipinski definition) is 4. The number of hydrogen-bond donors (Lipinski definition) is 1. The molecule has 1 heterocycles. The topological polar surface area (TPSA) is 57.4 Å². The van der Waals surface area contributed by atoms with Crippen molar-refractivity contribution in [3.63, 3.8) is 0 Å². The van der Waals surface area contributed by atoms with Gasteiger partial charge in [0.2, 0.25) is 5.88 Å². The summed E-state index contributed by atoms with van der Waals surface area (Å²) in [6.45, 7) is -2.81. The maximum Gasteiger partial charge on any atom is 0.388 e. The quantitative estimate of drug-likeness (QED) is 0.890. The van der Waals surface area contributed by atoms with Crippen LogP contribution in [0.3, 0.4) is 0 Å². The second-order valence-electron chi connectivity index (χ2n) is 4.14. The lowest BCUT2D eigenvalue weighted by Crippen LogP contribution is -2.10. The average Bonchev–Trinajstić information content (AvgIpc) is 2.47. The Morgan fingerprint density at radius 3 is 2.76 bits per heavy atom. The molecule has 0 atom stereocenters. The molecule has 0 unspecified atom stereocenters. The fourth-order valence-electron chi connectivity index (χ4n) is 1.64. The number of nitrogens with zero attached hydrogens (tertiary/aromatic N) is 1. The van der Waals surface area contributed by atoms with E-state index in [4.69, 9.17) is 10.5 Å². The first-order valence-electron chi connectivity index (χ1n) is 6.09. The predicted molar refractivity (Wildman–Crippen MR) is 72.1 cm³/mol. The van der Waals surface area contributed by atoms with E-state index in [1.165, 1.54) is 6.07 Å². The SMILES string of the molecule is NC/C(=C\F)COc1ccc2nc(OC(F)F)ccc2c1. The normalized spacial score (nSPS) is 12.0. The fraction of sp³-hybridized carbons (Fsp3) is 0.214. The molecule has 0 amide bonds. The minimum Gasteiger partial charge on any atom is -0.489 e. The van der Waals surface area contributed by atoms with Gasteiger partial charge in [-0.25, -0.2) is 9.37 Å². The zero-order chi connectivity index (χ0) is 15.2. The molecule has 4 nitrogen and oxygen atoms in total. The third-order valence-corrected chi connectivity index (χ3v) is 2.69. The van der Waals surface area contributed by atoms with Crippen molar-refractivity contribution in [3.05, 3.63) is 42.2 Å². The second kappa shape index (κ2) is 6.94. The number of halogens is 3. The summed E-state index contributed by atoms with van der Waals surface area (Å²) in [7, 11) is 0. The van der Waals surface area contributed by atoms with Crippen molar-refractivity contribution in [2.75, 3.05) is 13.2 Å². The summed E-state index contributed by atoms with van der Waals surface area (Å²) in [5, 5.41) is 0.688. The van der Waals surface area contributed by atoms with Crippen LogP contribution in [0.15, 0.2) is 42.2 Å². The second-order valence-corrected chi connectivity index (χ2v) is 4.14. The van der Waals surface area contributed by atoms with Gasteiger partial charge in [-0.2, -0.15) is 8.78 Å². The van der Waals surface area contributed by atoms with Gasteiger partial charge in [-0.1, -0.05) is 0 Å². The Bertz CT molecular complexity index is 647. The summed E-state index contributed by atoms with van der Waals surface area (Å²) in [6, 6.07) is 7.80. The Morgan fingerprint density at radius 2 is 2.10 bits per heavy atom. The molecule has 112 valence electrons. The molecule has 1 aromatic carbocycles. The predicted octanol–water partition coefficient (Wildman–Crippen LogP) is 3.03. The third-order valence-electron chi connectivity index (χ3n) is 2.69. The van der Waals surface area contributed by atoms with Crippen LogP contribution in [0.2, 0.25) is 0 Å². The summed E-state index contributed by atoms with van der Waals surface area (Å²) in [5.41, 5.74) is 6.14. The summed E-state index contributed by atoms with van der Waals surface area (Å²) in [4.78, 5) is 3.93. The van der Waals surface area contributed by atoms with Gasteiger partial charge in [0, 0.05) is 23.6 Å². The maximum absolute atomic E-state index is 12.4. The van der Waals surface area contributed by atoms with Crippen molar-refractivity contribution in [1.29, 1.82) is 0 Å². The number of aromatic nitrogens is 1. The van der Waals surface area contributed by atoms with Gasteiger partial charge in [-0.05, 0) is 24.3 Å². The molecule has 2 rings (SSSR count). The Kier molecular flexibility index (Phi) is 4.99. The van der Waals surface area contributed by atoms with E-state index in [1.807, 2.05) is 0 Å². The highest BCUT2D eigenvalue weighted by Gasteiger charge is 2.07. The monoisotopic (exact) mass is 298 g/mol. The molecule has 7 heteroatoms. The molecule has 0 aliphatic heterocycles. The molecular weight excluding hydrogens is 285 g/mol. The van der Waals surface area contributed by atoms with Gasteiger partial charge >= 0.3 is 6.61 Å². The number of benzene rings is 1. The third kappa shape index (κ3) is 4.09. The number of alkyl halides is 2. The van der Waals surface area contributed by atoms with Crippen LogP contribution in [-0.2, 0) is 0 Å². The molecule has 21 heavy (non-hydrogen) atoms. The first-order valence-corrected chi connectivity index (χ1v) is 6.09. The smallest absolute Gasteiger partial charge is 0.388 e. The first kappa shape index (κ1) is 15.1. The van der Waals surface area contributed by atoms with Crippen LogP contribution < -0.4 is 15.2 Å². The van der Waals surface area contributed by atoms with E-state index >= 15 is 0 Å². The van der Waals surface area contributed by atoms with E-state index in [0.717, 1.165) is 0 Å². The summed E-state index contributed by atoms with van der Waals surface area (Å²) < 4.78 is 46.2. The Hall–Kier alpha value is -2.28. The minimum absolute atomic E-state index is 0.0402.